The van der Waals surface area contributed by atoms with Crippen LogP contribution in [0, 0.1) is 0 Å². The number of rotatable bonds is 6. The van der Waals surface area contributed by atoms with Crippen molar-refractivity contribution in [2.75, 3.05) is 0 Å². The third-order valence-corrected chi connectivity index (χ3v) is 5.19. The van der Waals surface area contributed by atoms with Crippen LogP contribution in [0.15, 0.2) is 61.2 Å². The Kier molecular flexibility index (Phi) is 17.9. The summed E-state index contributed by atoms with van der Waals surface area (Å²) in [6.07, 6.45) is 7.06. The SMILES string of the molecule is CC(C)n1nccc1-c1ncccc1CCl.CC(C)n1nccc1-c1ncccc1CO.Cl.O=S(Cl)Cl.[2H]CC. The lowest BCUT2D eigenvalue weighted by Gasteiger charge is -2.12. The molecule has 0 fully saturated rings. The lowest BCUT2D eigenvalue weighted by Crippen LogP contribution is -2.06. The zero-order chi connectivity index (χ0) is 29.4. The lowest BCUT2D eigenvalue weighted by molar-refractivity contribution is 0.282. The fourth-order valence-electron chi connectivity index (χ4n) is 3.40. The maximum atomic E-state index is 9.28. The average molecular weight is 639 g/mol. The van der Waals surface area contributed by atoms with E-state index in [2.05, 4.69) is 69.2 Å². The molecule has 0 unspecified atom stereocenters. The van der Waals surface area contributed by atoms with Gasteiger partial charge in [0.05, 0.1) is 29.4 Å². The fraction of sp³-hybridized carbons (Fsp3) is 0.385. The summed E-state index contributed by atoms with van der Waals surface area (Å²) in [4.78, 5) is 8.70. The molecule has 0 radical (unpaired) electrons. The van der Waals surface area contributed by atoms with Gasteiger partial charge in [-0.1, -0.05) is 26.0 Å². The maximum absolute atomic E-state index is 9.28. The zero-order valence-corrected chi connectivity index (χ0v) is 26.4. The van der Waals surface area contributed by atoms with Crippen LogP contribution in [-0.4, -0.2) is 38.8 Å². The van der Waals surface area contributed by atoms with Gasteiger partial charge in [0.15, 0.2) is 0 Å². The molecule has 0 atom stereocenters. The average Bonchev–Trinajstić information content (AvgIpc) is 3.59. The molecule has 4 aromatic heterocycles. The second kappa shape index (κ2) is 20.0. The Bertz CT molecular complexity index is 1180. The molecule has 4 rings (SSSR count). The minimum absolute atomic E-state index is 0. The number of nitrogens with zero attached hydrogens (tertiary/aromatic N) is 6. The first kappa shape index (κ1) is 35.0. The minimum Gasteiger partial charge on any atom is -0.392 e. The largest absolute Gasteiger partial charge is 0.392 e. The molecule has 13 heteroatoms. The molecule has 0 bridgehead atoms. The van der Waals surface area contributed by atoms with Crippen LogP contribution in [0.1, 0.15) is 66.1 Å². The van der Waals surface area contributed by atoms with Gasteiger partial charge in [-0.3, -0.25) is 19.3 Å². The first-order valence-electron chi connectivity index (χ1n) is 12.5. The van der Waals surface area contributed by atoms with Crippen molar-refractivity contribution in [2.45, 2.75) is 66.1 Å². The van der Waals surface area contributed by atoms with Gasteiger partial charge in [-0.2, -0.15) is 10.2 Å². The zero-order valence-electron chi connectivity index (χ0n) is 23.5. The quantitative estimate of drug-likeness (QED) is 0.171. The number of hydrogen-bond donors (Lipinski definition) is 1. The van der Waals surface area contributed by atoms with Crippen LogP contribution >= 0.6 is 45.4 Å². The second-order valence-electron chi connectivity index (χ2n) is 8.01. The standard InChI is InChI=1S/C12H14ClN3.C12H15N3O.C2H6.Cl2OS.ClH/c1-9(2)16-11(5-7-15-16)12-10(8-13)4-3-6-14-12;1-9(2)15-11(5-7-14-15)12-10(8-16)4-3-6-13-12;1-2;1-4(2)3;/h3-7,9H,8H2,1-2H3;3-7,9,16H,8H2,1-2H3;1-2H3;;1H/i;;1D;;. The molecule has 0 spiro atoms. The van der Waals surface area contributed by atoms with Gasteiger partial charge in [0.2, 0.25) is 9.23 Å². The summed E-state index contributed by atoms with van der Waals surface area (Å²) in [7, 11) is 7.36. The molecule has 216 valence electrons. The molecular weight excluding hydrogens is 602 g/mol. The Morgan fingerprint density at radius 1 is 0.872 bits per heavy atom. The maximum Gasteiger partial charge on any atom is 0.211 e. The van der Waals surface area contributed by atoms with Crippen molar-refractivity contribution in [1.29, 1.82) is 0 Å². The van der Waals surface area contributed by atoms with E-state index in [9.17, 15) is 5.11 Å². The van der Waals surface area contributed by atoms with E-state index in [1.54, 1.807) is 31.7 Å². The van der Waals surface area contributed by atoms with Crippen LogP contribution in [0.4, 0.5) is 0 Å². The minimum atomic E-state index is -1.67. The number of aliphatic hydroxyl groups excluding tert-OH is 1. The Morgan fingerprint density at radius 3 is 1.62 bits per heavy atom. The van der Waals surface area contributed by atoms with Crippen molar-refractivity contribution in [2.24, 2.45) is 0 Å². The topological polar surface area (TPSA) is 98.7 Å². The van der Waals surface area contributed by atoms with Crippen LogP contribution in [0.25, 0.3) is 22.8 Å². The van der Waals surface area contributed by atoms with Crippen LogP contribution in [0.2, 0.25) is 0 Å². The predicted octanol–water partition coefficient (Wildman–Crippen LogP) is 7.77. The van der Waals surface area contributed by atoms with Gasteiger partial charge >= 0.3 is 0 Å². The Morgan fingerprint density at radius 2 is 1.26 bits per heavy atom. The summed E-state index contributed by atoms with van der Waals surface area (Å²) in [6, 6.07) is 12.1. The summed E-state index contributed by atoms with van der Waals surface area (Å²) >= 11 is 5.91. The van der Waals surface area contributed by atoms with E-state index in [1.807, 2.05) is 45.8 Å². The highest BCUT2D eigenvalue weighted by atomic mass is 36.0. The molecule has 1 N–H and O–H groups in total. The molecular formula is C26H36Cl4N6O2S. The number of alkyl halides is 1. The van der Waals surface area contributed by atoms with Crippen molar-refractivity contribution in [3.63, 3.8) is 0 Å². The third kappa shape index (κ3) is 11.6. The van der Waals surface area contributed by atoms with Gasteiger partial charge in [0.25, 0.3) is 0 Å². The monoisotopic (exact) mass is 637 g/mol. The lowest BCUT2D eigenvalue weighted by atomic mass is 10.1. The van der Waals surface area contributed by atoms with Crippen LogP contribution in [0.3, 0.4) is 0 Å². The molecule has 0 amide bonds. The molecule has 0 aliphatic heterocycles. The summed E-state index contributed by atoms with van der Waals surface area (Å²) in [5.41, 5.74) is 5.54. The van der Waals surface area contributed by atoms with E-state index in [0.29, 0.717) is 18.8 Å². The molecule has 0 aliphatic carbocycles. The van der Waals surface area contributed by atoms with Crippen molar-refractivity contribution in [1.82, 2.24) is 29.5 Å². The third-order valence-electron chi connectivity index (χ3n) is 4.90. The Hall–Kier alpha value is -2.01. The van der Waals surface area contributed by atoms with Gasteiger partial charge in [-0.05, 0) is 57.5 Å². The van der Waals surface area contributed by atoms with E-state index < -0.39 is 9.23 Å². The number of aromatic nitrogens is 6. The molecule has 39 heavy (non-hydrogen) atoms. The van der Waals surface area contributed by atoms with Gasteiger partial charge in [0, 0.05) is 71.1 Å². The predicted molar refractivity (Wildman–Crippen MR) is 166 cm³/mol. The Balaban J connectivity index is 0.000000606. The van der Waals surface area contributed by atoms with Crippen LogP contribution in [-0.2, 0) is 21.7 Å². The highest BCUT2D eigenvalue weighted by Crippen LogP contribution is 2.25. The van der Waals surface area contributed by atoms with E-state index in [1.165, 1.54) is 0 Å². The summed E-state index contributed by atoms with van der Waals surface area (Å²) in [6.45, 7) is 10.6. The van der Waals surface area contributed by atoms with E-state index >= 15 is 0 Å². The summed E-state index contributed by atoms with van der Waals surface area (Å²) < 4.78 is 19.2. The summed E-state index contributed by atoms with van der Waals surface area (Å²) in [5.74, 6) is 0.465. The number of halogens is 4. The van der Waals surface area contributed by atoms with E-state index in [-0.39, 0.29) is 25.1 Å². The van der Waals surface area contributed by atoms with Crippen molar-refractivity contribution in [3.8, 4) is 22.8 Å². The highest BCUT2D eigenvalue weighted by molar-refractivity contribution is 8.26. The molecule has 0 saturated heterocycles. The normalized spacial score (nSPS) is 10.4. The van der Waals surface area contributed by atoms with E-state index in [4.69, 9.17) is 17.2 Å². The number of hydrogen-bond acceptors (Lipinski definition) is 6. The van der Waals surface area contributed by atoms with Gasteiger partial charge in [-0.15, -0.1) is 24.0 Å². The summed E-state index contributed by atoms with van der Waals surface area (Å²) in [5, 5.41) is 17.8. The van der Waals surface area contributed by atoms with E-state index in [0.717, 1.165) is 33.9 Å². The van der Waals surface area contributed by atoms with Gasteiger partial charge < -0.3 is 5.11 Å². The number of pyridine rings is 2. The van der Waals surface area contributed by atoms with Gasteiger partial charge in [0.1, 0.15) is 0 Å². The van der Waals surface area contributed by atoms with Crippen molar-refractivity contribution < 1.29 is 10.7 Å². The molecule has 4 heterocycles. The molecule has 4 aromatic rings. The first-order valence-corrected chi connectivity index (χ1v) is 15.1. The second-order valence-corrected chi connectivity index (χ2v) is 10.8. The first-order chi connectivity index (χ1) is 18.6. The smallest absolute Gasteiger partial charge is 0.211 e. The highest BCUT2D eigenvalue weighted by Gasteiger charge is 2.13. The van der Waals surface area contributed by atoms with Crippen molar-refractivity contribution >= 4 is 54.6 Å². The molecule has 8 nitrogen and oxygen atoms in total. The molecule has 0 aliphatic rings. The fourth-order valence-corrected chi connectivity index (χ4v) is 3.62. The van der Waals surface area contributed by atoms with Crippen LogP contribution < -0.4 is 0 Å². The van der Waals surface area contributed by atoms with Gasteiger partial charge in [-0.25, -0.2) is 4.21 Å². The molecule has 0 saturated carbocycles. The molecule has 0 aromatic carbocycles. The number of aliphatic hydroxyl groups is 1. The van der Waals surface area contributed by atoms with Crippen molar-refractivity contribution in [3.05, 3.63) is 72.3 Å². The Labute approximate surface area is 255 Å². The van der Waals surface area contributed by atoms with Crippen LogP contribution in [0.5, 0.6) is 0 Å².